The van der Waals surface area contributed by atoms with Crippen LogP contribution in [0.25, 0.3) is 0 Å². The van der Waals surface area contributed by atoms with Crippen molar-refractivity contribution in [1.29, 1.82) is 0 Å². The Morgan fingerprint density at radius 1 is 1.15 bits per heavy atom. The summed E-state index contributed by atoms with van der Waals surface area (Å²) >= 11 is 0. The van der Waals surface area contributed by atoms with Gasteiger partial charge in [-0.3, -0.25) is 4.79 Å². The van der Waals surface area contributed by atoms with Crippen LogP contribution in [0.3, 0.4) is 0 Å². The zero-order valence-electron chi connectivity index (χ0n) is 13.6. The number of halogens is 4. The van der Waals surface area contributed by atoms with Crippen LogP contribution in [0.2, 0.25) is 0 Å². The molecule has 1 amide bonds. The summed E-state index contributed by atoms with van der Waals surface area (Å²) < 4.78 is 54.2. The summed E-state index contributed by atoms with van der Waals surface area (Å²) in [6.07, 6.45) is 0.855. The Hall–Kier alpha value is -2.91. The van der Waals surface area contributed by atoms with E-state index in [0.717, 1.165) is 6.08 Å². The lowest BCUT2D eigenvalue weighted by Crippen LogP contribution is -2.38. The lowest BCUT2D eigenvalue weighted by Gasteiger charge is -2.26. The van der Waals surface area contributed by atoms with Crippen LogP contribution in [-0.2, 0) is 31.0 Å². The van der Waals surface area contributed by atoms with E-state index >= 15 is 0 Å². The third-order valence-electron chi connectivity index (χ3n) is 4.05. The monoisotopic (exact) mass is 369 g/mol. The SMILES string of the molecule is N/C(=C\C(=O)N1CCn2c(CF)nnc2C1)Cc1cc(F)c(F)cc1F. The van der Waals surface area contributed by atoms with Gasteiger partial charge >= 0.3 is 0 Å². The zero-order chi connectivity index (χ0) is 18.8. The molecule has 1 aliphatic heterocycles. The average molecular weight is 369 g/mol. The van der Waals surface area contributed by atoms with Crippen LogP contribution in [-0.4, -0.2) is 32.1 Å². The molecule has 0 atom stereocenters. The molecule has 0 bridgehead atoms. The zero-order valence-corrected chi connectivity index (χ0v) is 13.6. The average Bonchev–Trinajstić information content (AvgIpc) is 3.01. The third-order valence-corrected chi connectivity index (χ3v) is 4.05. The topological polar surface area (TPSA) is 77.0 Å². The van der Waals surface area contributed by atoms with E-state index in [0.29, 0.717) is 31.0 Å². The lowest BCUT2D eigenvalue weighted by atomic mass is 10.1. The van der Waals surface area contributed by atoms with Gasteiger partial charge < -0.3 is 15.2 Å². The normalized spacial score (nSPS) is 14.5. The van der Waals surface area contributed by atoms with E-state index < -0.39 is 30.0 Å². The number of allylic oxidation sites excluding steroid dienone is 1. The molecule has 2 heterocycles. The molecule has 2 aromatic rings. The number of alkyl halides is 1. The van der Waals surface area contributed by atoms with Gasteiger partial charge in [-0.05, 0) is 11.6 Å². The first kappa shape index (κ1) is 17.9. The molecule has 138 valence electrons. The predicted molar refractivity (Wildman–Crippen MR) is 82.5 cm³/mol. The van der Waals surface area contributed by atoms with Crippen LogP contribution in [0.15, 0.2) is 23.9 Å². The molecule has 10 heteroatoms. The van der Waals surface area contributed by atoms with Crippen LogP contribution in [0, 0.1) is 17.5 Å². The molecule has 1 aliphatic rings. The van der Waals surface area contributed by atoms with Gasteiger partial charge in [0.15, 0.2) is 23.3 Å². The molecule has 3 rings (SSSR count). The maximum Gasteiger partial charge on any atom is 0.248 e. The van der Waals surface area contributed by atoms with E-state index in [1.807, 2.05) is 0 Å². The summed E-state index contributed by atoms with van der Waals surface area (Å²) in [7, 11) is 0. The van der Waals surface area contributed by atoms with Gasteiger partial charge in [0.25, 0.3) is 0 Å². The maximum atomic E-state index is 13.7. The Morgan fingerprint density at radius 2 is 1.88 bits per heavy atom. The van der Waals surface area contributed by atoms with Crippen LogP contribution in [0.4, 0.5) is 17.6 Å². The van der Waals surface area contributed by atoms with E-state index in [9.17, 15) is 22.4 Å². The Labute approximate surface area is 145 Å². The molecule has 0 saturated heterocycles. The van der Waals surface area contributed by atoms with Crippen molar-refractivity contribution >= 4 is 5.91 Å². The van der Waals surface area contributed by atoms with E-state index in [1.165, 1.54) is 4.90 Å². The molecule has 0 aliphatic carbocycles. The molecule has 26 heavy (non-hydrogen) atoms. The fourth-order valence-corrected chi connectivity index (χ4v) is 2.72. The fourth-order valence-electron chi connectivity index (χ4n) is 2.72. The van der Waals surface area contributed by atoms with Crippen LogP contribution in [0.5, 0.6) is 0 Å². The second-order valence-electron chi connectivity index (χ2n) is 5.83. The second-order valence-corrected chi connectivity index (χ2v) is 5.83. The van der Waals surface area contributed by atoms with Gasteiger partial charge in [0.1, 0.15) is 12.5 Å². The van der Waals surface area contributed by atoms with Crippen molar-refractivity contribution in [3.8, 4) is 0 Å². The number of amides is 1. The van der Waals surface area contributed by atoms with Crippen molar-refractivity contribution < 1.29 is 22.4 Å². The number of rotatable bonds is 4. The first-order valence-electron chi connectivity index (χ1n) is 7.74. The molecule has 1 aromatic heterocycles. The maximum absolute atomic E-state index is 13.7. The van der Waals surface area contributed by atoms with Gasteiger partial charge in [0.2, 0.25) is 5.91 Å². The molecule has 2 N–H and O–H groups in total. The number of carbonyl (C=O) groups excluding carboxylic acids is 1. The van der Waals surface area contributed by atoms with Crippen LogP contribution >= 0.6 is 0 Å². The number of nitrogens with two attached hydrogens (primary N) is 1. The van der Waals surface area contributed by atoms with Crippen molar-refractivity contribution in [3.63, 3.8) is 0 Å². The summed E-state index contributed by atoms with van der Waals surface area (Å²) in [4.78, 5) is 13.7. The number of aromatic nitrogens is 3. The quantitative estimate of drug-likeness (QED) is 0.505. The fraction of sp³-hybridized carbons (Fsp3) is 0.312. The minimum absolute atomic E-state index is 0.00334. The highest BCUT2D eigenvalue weighted by Gasteiger charge is 2.23. The Kier molecular flexibility index (Phi) is 4.92. The second kappa shape index (κ2) is 7.14. The van der Waals surface area contributed by atoms with Crippen molar-refractivity contribution in [2.75, 3.05) is 6.54 Å². The van der Waals surface area contributed by atoms with E-state index in [-0.39, 0.29) is 30.1 Å². The molecule has 0 unspecified atom stereocenters. The Morgan fingerprint density at radius 3 is 2.62 bits per heavy atom. The first-order valence-corrected chi connectivity index (χ1v) is 7.74. The smallest absolute Gasteiger partial charge is 0.248 e. The highest BCUT2D eigenvalue weighted by Crippen LogP contribution is 2.17. The predicted octanol–water partition coefficient (Wildman–Crippen LogP) is 1.59. The molecule has 0 fully saturated rings. The molecule has 0 spiro atoms. The summed E-state index contributed by atoms with van der Waals surface area (Å²) in [5.41, 5.74) is 5.58. The van der Waals surface area contributed by atoms with E-state index in [1.54, 1.807) is 4.57 Å². The number of benzene rings is 1. The largest absolute Gasteiger partial charge is 0.402 e. The van der Waals surface area contributed by atoms with Crippen molar-refractivity contribution in [1.82, 2.24) is 19.7 Å². The molecule has 1 aromatic carbocycles. The van der Waals surface area contributed by atoms with E-state index in [4.69, 9.17) is 5.73 Å². The molecule has 0 saturated carbocycles. The van der Waals surface area contributed by atoms with Crippen molar-refractivity contribution in [2.45, 2.75) is 26.2 Å². The van der Waals surface area contributed by atoms with Crippen molar-refractivity contribution in [3.05, 3.63) is 58.6 Å². The van der Waals surface area contributed by atoms with Crippen molar-refractivity contribution in [2.24, 2.45) is 5.73 Å². The highest BCUT2D eigenvalue weighted by atomic mass is 19.2. The minimum Gasteiger partial charge on any atom is -0.402 e. The summed E-state index contributed by atoms with van der Waals surface area (Å²) in [5.74, 6) is -3.22. The molecule has 6 nitrogen and oxygen atoms in total. The third kappa shape index (κ3) is 3.53. The van der Waals surface area contributed by atoms with Crippen LogP contribution < -0.4 is 5.73 Å². The molecule has 0 radical (unpaired) electrons. The van der Waals surface area contributed by atoms with E-state index in [2.05, 4.69) is 10.2 Å². The summed E-state index contributed by atoms with van der Waals surface area (Å²) in [6, 6.07) is 1.14. The Balaban J connectivity index is 1.70. The molecular weight excluding hydrogens is 354 g/mol. The number of carbonyl (C=O) groups is 1. The number of hydrogen-bond acceptors (Lipinski definition) is 4. The number of nitrogens with zero attached hydrogens (tertiary/aromatic N) is 4. The standard InChI is InChI=1S/C16H15F4N5O/c17-7-14-22-23-15-8-24(1-2-25(14)15)16(26)5-10(21)3-9-4-12(19)13(20)6-11(9)18/h4-6H,1-3,7-8,21H2/b10-5-. The van der Waals surface area contributed by atoms with Gasteiger partial charge in [0.05, 0.1) is 6.54 Å². The number of fused-ring (bicyclic) bond motifs is 1. The Bertz CT molecular complexity index is 880. The minimum atomic E-state index is -1.30. The van der Waals surface area contributed by atoms with Crippen LogP contribution in [0.1, 0.15) is 17.2 Å². The summed E-state index contributed by atoms with van der Waals surface area (Å²) in [6.45, 7) is 0.0435. The van der Waals surface area contributed by atoms with Gasteiger partial charge in [-0.2, -0.15) is 0 Å². The lowest BCUT2D eigenvalue weighted by molar-refractivity contribution is -0.127. The highest BCUT2D eigenvalue weighted by molar-refractivity contribution is 5.88. The van der Waals surface area contributed by atoms with Gasteiger partial charge in [0, 0.05) is 37.3 Å². The van der Waals surface area contributed by atoms with Gasteiger partial charge in [-0.25, -0.2) is 17.6 Å². The summed E-state index contributed by atoms with van der Waals surface area (Å²) in [5, 5.41) is 7.54. The van der Waals surface area contributed by atoms with Gasteiger partial charge in [-0.1, -0.05) is 0 Å². The number of hydrogen-bond donors (Lipinski definition) is 1. The van der Waals surface area contributed by atoms with Gasteiger partial charge in [-0.15, -0.1) is 10.2 Å². The first-order chi connectivity index (χ1) is 12.4. The molecular formula is C16H15F4N5O.